The fourth-order valence-electron chi connectivity index (χ4n) is 3.49. The Labute approximate surface area is 236 Å². The van der Waals surface area contributed by atoms with Gasteiger partial charge < -0.3 is 19.5 Å². The van der Waals surface area contributed by atoms with Crippen LogP contribution >= 0.6 is 28.1 Å². The van der Waals surface area contributed by atoms with Gasteiger partial charge in [-0.05, 0) is 88.3 Å². The molecule has 2 N–H and O–H groups in total. The SMILES string of the molecule is O=C(NC(=S)Nc1ccc(OCCOc2ccccc2)cc1)c1ccc(OCCc2ccccc2)c(Br)c1. The fraction of sp³-hybridized carbons (Fsp3) is 0.133. The molecular weight excluding hydrogens is 564 g/mol. The van der Waals surface area contributed by atoms with Crippen molar-refractivity contribution in [3.8, 4) is 17.2 Å². The summed E-state index contributed by atoms with van der Waals surface area (Å²) in [5, 5.41) is 5.90. The molecule has 0 unspecified atom stereocenters. The van der Waals surface area contributed by atoms with E-state index in [0.29, 0.717) is 41.4 Å². The van der Waals surface area contributed by atoms with Crippen molar-refractivity contribution in [2.45, 2.75) is 6.42 Å². The van der Waals surface area contributed by atoms with Crippen LogP contribution in [0.1, 0.15) is 15.9 Å². The van der Waals surface area contributed by atoms with E-state index in [-0.39, 0.29) is 11.0 Å². The van der Waals surface area contributed by atoms with Crippen LogP contribution in [0.15, 0.2) is 108 Å². The zero-order chi connectivity index (χ0) is 26.6. The zero-order valence-electron chi connectivity index (χ0n) is 20.6. The molecule has 8 heteroatoms. The van der Waals surface area contributed by atoms with Crippen LogP contribution in [0, 0.1) is 0 Å². The van der Waals surface area contributed by atoms with Crippen molar-refractivity contribution in [1.82, 2.24) is 5.32 Å². The molecule has 38 heavy (non-hydrogen) atoms. The normalized spacial score (nSPS) is 10.3. The van der Waals surface area contributed by atoms with Gasteiger partial charge in [-0.15, -0.1) is 0 Å². The van der Waals surface area contributed by atoms with Gasteiger partial charge in [0.25, 0.3) is 5.91 Å². The third kappa shape index (κ3) is 8.61. The minimum absolute atomic E-state index is 0.194. The second kappa shape index (κ2) is 14.2. The molecule has 194 valence electrons. The number of nitrogens with one attached hydrogen (secondary N) is 2. The maximum absolute atomic E-state index is 12.7. The lowest BCUT2D eigenvalue weighted by Crippen LogP contribution is -2.34. The molecule has 6 nitrogen and oxygen atoms in total. The highest BCUT2D eigenvalue weighted by Gasteiger charge is 2.11. The monoisotopic (exact) mass is 590 g/mol. The first-order valence-electron chi connectivity index (χ1n) is 12.1. The lowest BCUT2D eigenvalue weighted by atomic mass is 10.2. The van der Waals surface area contributed by atoms with Crippen LogP contribution in [-0.2, 0) is 6.42 Å². The molecule has 0 saturated heterocycles. The van der Waals surface area contributed by atoms with Gasteiger partial charge in [-0.1, -0.05) is 48.5 Å². The van der Waals surface area contributed by atoms with Crippen LogP contribution in [0.5, 0.6) is 17.2 Å². The number of amides is 1. The number of hydrogen-bond donors (Lipinski definition) is 2. The Morgan fingerprint density at radius 3 is 2.03 bits per heavy atom. The first-order chi connectivity index (χ1) is 18.6. The highest BCUT2D eigenvalue weighted by Crippen LogP contribution is 2.26. The molecule has 4 aromatic carbocycles. The predicted molar refractivity (Wildman–Crippen MR) is 157 cm³/mol. The van der Waals surface area contributed by atoms with Crippen LogP contribution < -0.4 is 24.8 Å². The van der Waals surface area contributed by atoms with Crippen LogP contribution in [0.4, 0.5) is 5.69 Å². The highest BCUT2D eigenvalue weighted by molar-refractivity contribution is 9.10. The Balaban J connectivity index is 1.19. The third-order valence-electron chi connectivity index (χ3n) is 5.39. The smallest absolute Gasteiger partial charge is 0.257 e. The minimum Gasteiger partial charge on any atom is -0.492 e. The second-order valence-electron chi connectivity index (χ2n) is 8.17. The molecule has 1 amide bonds. The molecule has 0 fully saturated rings. The standard InChI is InChI=1S/C30H27BrN2O4S/c31-27-21-23(11-16-28(27)37-18-17-22-7-3-1-4-8-22)29(34)33-30(38)32-24-12-14-26(15-13-24)36-20-19-35-25-9-5-2-6-10-25/h1-16,21H,17-20H2,(H2,32,33,34,38). The van der Waals surface area contributed by atoms with E-state index in [1.165, 1.54) is 5.56 Å². The fourth-order valence-corrected chi connectivity index (χ4v) is 4.19. The summed E-state index contributed by atoms with van der Waals surface area (Å²) in [5.74, 6) is 1.87. The number of carbonyl (C=O) groups is 1. The van der Waals surface area contributed by atoms with E-state index < -0.39 is 0 Å². The van der Waals surface area contributed by atoms with Crippen LogP contribution in [0.25, 0.3) is 0 Å². The summed E-state index contributed by atoms with van der Waals surface area (Å²) in [5.41, 5.74) is 2.39. The number of para-hydroxylation sites is 1. The largest absolute Gasteiger partial charge is 0.492 e. The van der Waals surface area contributed by atoms with Gasteiger partial charge in [0.2, 0.25) is 0 Å². The number of hydrogen-bond acceptors (Lipinski definition) is 5. The van der Waals surface area contributed by atoms with Crippen molar-refractivity contribution in [2.24, 2.45) is 0 Å². The van der Waals surface area contributed by atoms with Crippen molar-refractivity contribution < 1.29 is 19.0 Å². The number of benzene rings is 4. The number of halogens is 1. The molecule has 0 atom stereocenters. The lowest BCUT2D eigenvalue weighted by molar-refractivity contribution is 0.0977. The van der Waals surface area contributed by atoms with Crippen LogP contribution in [-0.4, -0.2) is 30.8 Å². The molecule has 4 aromatic rings. The second-order valence-corrected chi connectivity index (χ2v) is 9.43. The van der Waals surface area contributed by atoms with Gasteiger partial charge in [0.05, 0.1) is 11.1 Å². The van der Waals surface area contributed by atoms with E-state index in [4.69, 9.17) is 26.4 Å². The number of thiocarbonyl (C=S) groups is 1. The molecule has 0 aliphatic rings. The molecule has 0 spiro atoms. The number of ether oxygens (including phenoxy) is 3. The van der Waals surface area contributed by atoms with Gasteiger partial charge in [-0.3, -0.25) is 10.1 Å². The van der Waals surface area contributed by atoms with E-state index in [0.717, 1.165) is 17.9 Å². The molecule has 0 aromatic heterocycles. The summed E-state index contributed by atoms with van der Waals surface area (Å²) in [7, 11) is 0. The average molecular weight is 592 g/mol. The van der Waals surface area contributed by atoms with Gasteiger partial charge >= 0.3 is 0 Å². The molecule has 0 heterocycles. The summed E-state index contributed by atoms with van der Waals surface area (Å²) in [6.07, 6.45) is 0.797. The number of anilines is 1. The first-order valence-corrected chi connectivity index (χ1v) is 13.3. The number of carbonyl (C=O) groups excluding carboxylic acids is 1. The average Bonchev–Trinajstić information content (AvgIpc) is 2.94. The summed E-state index contributed by atoms with van der Waals surface area (Å²) in [6, 6.07) is 32.2. The topological polar surface area (TPSA) is 68.8 Å². The number of rotatable bonds is 11. The maximum Gasteiger partial charge on any atom is 0.257 e. The summed E-state index contributed by atoms with van der Waals surface area (Å²) < 4.78 is 17.9. The van der Waals surface area contributed by atoms with E-state index in [9.17, 15) is 4.79 Å². The van der Waals surface area contributed by atoms with Gasteiger partial charge in [0.15, 0.2) is 5.11 Å². The Kier molecular flexibility index (Phi) is 10.1. The van der Waals surface area contributed by atoms with E-state index in [2.05, 4.69) is 38.7 Å². The van der Waals surface area contributed by atoms with Gasteiger partial charge in [-0.25, -0.2) is 0 Å². The summed E-state index contributed by atoms with van der Waals surface area (Å²) in [4.78, 5) is 12.7. The molecule has 0 bridgehead atoms. The maximum atomic E-state index is 12.7. The van der Waals surface area contributed by atoms with Crippen LogP contribution in [0.2, 0.25) is 0 Å². The zero-order valence-corrected chi connectivity index (χ0v) is 23.0. The quantitative estimate of drug-likeness (QED) is 0.150. The molecule has 4 rings (SSSR count). The Hall–Kier alpha value is -3.88. The molecule has 0 radical (unpaired) electrons. The Morgan fingerprint density at radius 1 is 0.737 bits per heavy atom. The van der Waals surface area contributed by atoms with E-state index in [1.54, 1.807) is 18.2 Å². The molecule has 0 aliphatic heterocycles. The van der Waals surface area contributed by atoms with Gasteiger partial charge in [0.1, 0.15) is 30.5 Å². The van der Waals surface area contributed by atoms with Crippen molar-refractivity contribution in [3.05, 3.63) is 119 Å². The van der Waals surface area contributed by atoms with Crippen molar-refractivity contribution in [2.75, 3.05) is 25.1 Å². The van der Waals surface area contributed by atoms with E-state index >= 15 is 0 Å². The summed E-state index contributed by atoms with van der Waals surface area (Å²) in [6.45, 7) is 1.40. The summed E-state index contributed by atoms with van der Waals surface area (Å²) >= 11 is 8.80. The van der Waals surface area contributed by atoms with Crippen molar-refractivity contribution >= 4 is 44.9 Å². The lowest BCUT2D eigenvalue weighted by Gasteiger charge is -2.12. The predicted octanol–water partition coefficient (Wildman–Crippen LogP) is 6.66. The highest BCUT2D eigenvalue weighted by atomic mass is 79.9. The van der Waals surface area contributed by atoms with Gasteiger partial charge in [0, 0.05) is 17.7 Å². The van der Waals surface area contributed by atoms with Crippen molar-refractivity contribution in [1.29, 1.82) is 0 Å². The molecule has 0 saturated carbocycles. The third-order valence-corrected chi connectivity index (χ3v) is 6.21. The Morgan fingerprint density at radius 2 is 1.37 bits per heavy atom. The first kappa shape index (κ1) is 27.2. The molecule has 0 aliphatic carbocycles. The minimum atomic E-state index is -0.322. The van der Waals surface area contributed by atoms with Crippen molar-refractivity contribution in [3.63, 3.8) is 0 Å². The molecular formula is C30H27BrN2O4S. The van der Waals surface area contributed by atoms with E-state index in [1.807, 2.05) is 72.8 Å². The Bertz CT molecular complexity index is 1340. The van der Waals surface area contributed by atoms with Gasteiger partial charge in [-0.2, -0.15) is 0 Å². The van der Waals surface area contributed by atoms with Crippen LogP contribution in [0.3, 0.4) is 0 Å².